The van der Waals surface area contributed by atoms with Crippen molar-refractivity contribution in [3.05, 3.63) is 88.8 Å². The number of hydrogen-bond acceptors (Lipinski definition) is 5. The van der Waals surface area contributed by atoms with E-state index in [1.54, 1.807) is 32.4 Å². The highest BCUT2D eigenvalue weighted by molar-refractivity contribution is 5.82. The summed E-state index contributed by atoms with van der Waals surface area (Å²) in [6.07, 6.45) is 1.49. The largest absolute Gasteiger partial charge is 0.497 e. The molecule has 1 aromatic heterocycles. The van der Waals surface area contributed by atoms with Gasteiger partial charge < -0.3 is 18.6 Å². The summed E-state index contributed by atoms with van der Waals surface area (Å²) in [7, 11) is 3.24. The van der Waals surface area contributed by atoms with Crippen molar-refractivity contribution >= 4 is 11.0 Å². The lowest BCUT2D eigenvalue weighted by molar-refractivity contribution is 0.306. The molecule has 0 fully saturated rings. The Kier molecular flexibility index (Phi) is 5.20. The van der Waals surface area contributed by atoms with Gasteiger partial charge in [-0.2, -0.15) is 0 Å². The van der Waals surface area contributed by atoms with Crippen LogP contribution in [0.5, 0.6) is 17.2 Å². The van der Waals surface area contributed by atoms with Gasteiger partial charge in [-0.1, -0.05) is 24.3 Å². The molecule has 3 aromatic carbocycles. The van der Waals surface area contributed by atoms with Crippen molar-refractivity contribution in [3.8, 4) is 28.4 Å². The van der Waals surface area contributed by atoms with Crippen LogP contribution < -0.4 is 19.6 Å². The predicted octanol–water partition coefficient (Wildman–Crippen LogP) is 5.06. The Morgan fingerprint density at radius 1 is 0.793 bits per heavy atom. The standard InChI is InChI=1S/C24H20O5/c1-26-18-7-3-16(4-8-18)14-28-20-11-12-21-23(13-20)29-15-22(24(21)25)17-5-9-19(27-2)10-6-17/h3-13,15H,14H2,1-2H3. The molecule has 5 heteroatoms. The molecule has 0 amide bonds. The van der Waals surface area contributed by atoms with Crippen molar-refractivity contribution in [2.24, 2.45) is 0 Å². The smallest absolute Gasteiger partial charge is 0.200 e. The summed E-state index contributed by atoms with van der Waals surface area (Å²) in [6.45, 7) is 0.406. The first kappa shape index (κ1) is 18.6. The Morgan fingerprint density at radius 3 is 2.07 bits per heavy atom. The Bertz CT molecular complexity index is 1170. The molecule has 0 spiro atoms. The third-order valence-electron chi connectivity index (χ3n) is 4.71. The predicted molar refractivity (Wildman–Crippen MR) is 112 cm³/mol. The van der Waals surface area contributed by atoms with Crippen molar-refractivity contribution < 1.29 is 18.6 Å². The van der Waals surface area contributed by atoms with Crippen LogP contribution in [0.15, 0.2) is 82.2 Å². The minimum atomic E-state index is -0.0851. The van der Waals surface area contributed by atoms with Gasteiger partial charge in [0, 0.05) is 6.07 Å². The van der Waals surface area contributed by atoms with E-state index < -0.39 is 0 Å². The van der Waals surface area contributed by atoms with Crippen molar-refractivity contribution in [1.29, 1.82) is 0 Å². The normalized spacial score (nSPS) is 10.7. The number of benzene rings is 3. The van der Waals surface area contributed by atoms with Crippen molar-refractivity contribution in [2.75, 3.05) is 14.2 Å². The van der Waals surface area contributed by atoms with E-state index in [9.17, 15) is 4.79 Å². The zero-order valence-electron chi connectivity index (χ0n) is 16.2. The zero-order chi connectivity index (χ0) is 20.2. The van der Waals surface area contributed by atoms with E-state index in [2.05, 4.69) is 0 Å². The van der Waals surface area contributed by atoms with Crippen molar-refractivity contribution in [2.45, 2.75) is 6.61 Å². The Hall–Kier alpha value is -3.73. The summed E-state index contributed by atoms with van der Waals surface area (Å²) >= 11 is 0. The third kappa shape index (κ3) is 3.94. The van der Waals surface area contributed by atoms with Crippen LogP contribution in [0.1, 0.15) is 5.56 Å². The molecule has 0 unspecified atom stereocenters. The van der Waals surface area contributed by atoms with E-state index in [-0.39, 0.29) is 5.43 Å². The Balaban J connectivity index is 1.57. The molecule has 5 nitrogen and oxygen atoms in total. The fraction of sp³-hybridized carbons (Fsp3) is 0.125. The van der Waals surface area contributed by atoms with E-state index in [4.69, 9.17) is 18.6 Å². The molecule has 0 bridgehead atoms. The molecule has 0 saturated carbocycles. The lowest BCUT2D eigenvalue weighted by atomic mass is 10.1. The molecule has 4 aromatic rings. The maximum Gasteiger partial charge on any atom is 0.200 e. The number of rotatable bonds is 6. The minimum absolute atomic E-state index is 0.0851. The highest BCUT2D eigenvalue weighted by atomic mass is 16.5. The van der Waals surface area contributed by atoms with Gasteiger partial charge in [-0.3, -0.25) is 4.79 Å². The topological polar surface area (TPSA) is 57.9 Å². The highest BCUT2D eigenvalue weighted by Crippen LogP contribution is 2.25. The van der Waals surface area contributed by atoms with Gasteiger partial charge in [0.1, 0.15) is 35.7 Å². The summed E-state index contributed by atoms with van der Waals surface area (Å²) in [4.78, 5) is 12.9. The molecule has 0 radical (unpaired) electrons. The number of fused-ring (bicyclic) bond motifs is 1. The first-order chi connectivity index (χ1) is 14.2. The van der Waals surface area contributed by atoms with Gasteiger partial charge in [0.05, 0.1) is 25.2 Å². The first-order valence-corrected chi connectivity index (χ1v) is 9.13. The van der Waals surface area contributed by atoms with Crippen LogP contribution in [0, 0.1) is 0 Å². The second-order valence-electron chi connectivity index (χ2n) is 6.50. The average Bonchev–Trinajstić information content (AvgIpc) is 2.78. The van der Waals surface area contributed by atoms with E-state index in [0.29, 0.717) is 28.9 Å². The van der Waals surface area contributed by atoms with Crippen LogP contribution in [0.3, 0.4) is 0 Å². The molecule has 0 aliphatic heterocycles. The van der Waals surface area contributed by atoms with Gasteiger partial charge in [-0.05, 0) is 47.5 Å². The maximum absolute atomic E-state index is 12.9. The Morgan fingerprint density at radius 2 is 1.41 bits per heavy atom. The van der Waals surface area contributed by atoms with E-state index in [1.165, 1.54) is 6.26 Å². The van der Waals surface area contributed by atoms with Crippen LogP contribution >= 0.6 is 0 Å². The van der Waals surface area contributed by atoms with Gasteiger partial charge in [0.2, 0.25) is 0 Å². The number of methoxy groups -OCH3 is 2. The van der Waals surface area contributed by atoms with Gasteiger partial charge >= 0.3 is 0 Å². The Labute approximate surface area is 168 Å². The van der Waals surface area contributed by atoms with E-state index >= 15 is 0 Å². The molecule has 0 aliphatic rings. The molecular formula is C24H20O5. The average molecular weight is 388 g/mol. The summed E-state index contributed by atoms with van der Waals surface area (Å²) < 4.78 is 21.9. The lowest BCUT2D eigenvalue weighted by Crippen LogP contribution is -2.05. The zero-order valence-corrected chi connectivity index (χ0v) is 16.2. The highest BCUT2D eigenvalue weighted by Gasteiger charge is 2.10. The summed E-state index contributed by atoms with van der Waals surface area (Å²) in [5, 5.41) is 0.509. The summed E-state index contributed by atoms with van der Waals surface area (Å²) in [5.74, 6) is 2.17. The van der Waals surface area contributed by atoms with Crippen LogP contribution in [0.25, 0.3) is 22.1 Å². The van der Waals surface area contributed by atoms with Crippen molar-refractivity contribution in [1.82, 2.24) is 0 Å². The fourth-order valence-corrected chi connectivity index (χ4v) is 3.06. The van der Waals surface area contributed by atoms with Gasteiger partial charge in [0.25, 0.3) is 0 Å². The first-order valence-electron chi connectivity index (χ1n) is 9.13. The van der Waals surface area contributed by atoms with Gasteiger partial charge in [-0.25, -0.2) is 0 Å². The maximum atomic E-state index is 12.9. The SMILES string of the molecule is COc1ccc(COc2ccc3c(=O)c(-c4ccc(OC)cc4)coc3c2)cc1. The second kappa shape index (κ2) is 8.10. The van der Waals surface area contributed by atoms with E-state index in [0.717, 1.165) is 22.6 Å². The van der Waals surface area contributed by atoms with E-state index in [1.807, 2.05) is 48.5 Å². The van der Waals surface area contributed by atoms with Gasteiger partial charge in [0.15, 0.2) is 5.43 Å². The molecule has 0 aliphatic carbocycles. The van der Waals surface area contributed by atoms with Crippen LogP contribution in [0.2, 0.25) is 0 Å². The molecule has 0 atom stereocenters. The quantitative estimate of drug-likeness (QED) is 0.462. The fourth-order valence-electron chi connectivity index (χ4n) is 3.06. The molecule has 0 N–H and O–H groups in total. The molecule has 146 valence electrons. The molecular weight excluding hydrogens is 368 g/mol. The summed E-state index contributed by atoms with van der Waals surface area (Å²) in [6, 6.07) is 20.2. The third-order valence-corrected chi connectivity index (χ3v) is 4.71. The lowest BCUT2D eigenvalue weighted by Gasteiger charge is -2.08. The minimum Gasteiger partial charge on any atom is -0.497 e. The van der Waals surface area contributed by atoms with Crippen LogP contribution in [0.4, 0.5) is 0 Å². The monoisotopic (exact) mass is 388 g/mol. The molecule has 29 heavy (non-hydrogen) atoms. The number of hydrogen-bond donors (Lipinski definition) is 0. The van der Waals surface area contributed by atoms with Gasteiger partial charge in [-0.15, -0.1) is 0 Å². The van der Waals surface area contributed by atoms with Crippen LogP contribution in [-0.2, 0) is 6.61 Å². The second-order valence-corrected chi connectivity index (χ2v) is 6.50. The van der Waals surface area contributed by atoms with Crippen molar-refractivity contribution in [3.63, 3.8) is 0 Å². The number of ether oxygens (including phenoxy) is 3. The molecule has 0 saturated heterocycles. The summed E-state index contributed by atoms with van der Waals surface area (Å²) in [5.41, 5.74) is 2.70. The molecule has 1 heterocycles. The molecule has 4 rings (SSSR count). The van der Waals surface area contributed by atoms with Crippen LogP contribution in [-0.4, -0.2) is 14.2 Å².